The normalized spacial score (nSPS) is 24.7. The molecule has 1 N–H and O–H groups in total. The van der Waals surface area contributed by atoms with Gasteiger partial charge in [0.25, 0.3) is 0 Å². The molecule has 3 nitrogen and oxygen atoms in total. The van der Waals surface area contributed by atoms with Crippen molar-refractivity contribution < 1.29 is 4.74 Å². The Bertz CT molecular complexity index is 455. The van der Waals surface area contributed by atoms with Crippen LogP contribution >= 0.6 is 11.6 Å². The minimum absolute atomic E-state index is 0.0728. The maximum absolute atomic E-state index is 6.20. The van der Waals surface area contributed by atoms with Crippen molar-refractivity contribution in [3.63, 3.8) is 0 Å². The molecule has 96 valence electrons. The van der Waals surface area contributed by atoms with Crippen LogP contribution in [0, 0.1) is 5.92 Å². The highest BCUT2D eigenvalue weighted by atomic mass is 35.5. The van der Waals surface area contributed by atoms with Gasteiger partial charge in [-0.05, 0) is 37.6 Å². The van der Waals surface area contributed by atoms with E-state index in [1.54, 1.807) is 0 Å². The zero-order valence-electron chi connectivity index (χ0n) is 10.2. The maximum atomic E-state index is 6.20. The van der Waals surface area contributed by atoms with Gasteiger partial charge in [-0.15, -0.1) is 0 Å². The highest BCUT2D eigenvalue weighted by Crippen LogP contribution is 2.31. The monoisotopic (exact) mass is 264 g/mol. The second-order valence-electron chi connectivity index (χ2n) is 4.84. The van der Waals surface area contributed by atoms with Crippen molar-refractivity contribution in [1.29, 1.82) is 0 Å². The van der Waals surface area contributed by atoms with Crippen LogP contribution in [0.1, 0.15) is 24.4 Å². The first-order valence-corrected chi connectivity index (χ1v) is 6.88. The Balaban J connectivity index is 1.77. The number of ether oxygens (including phenoxy) is 1. The molecule has 18 heavy (non-hydrogen) atoms. The molecule has 0 aliphatic carbocycles. The van der Waals surface area contributed by atoms with Gasteiger partial charge in [0, 0.05) is 10.9 Å². The van der Waals surface area contributed by atoms with Gasteiger partial charge < -0.3 is 10.1 Å². The predicted molar refractivity (Wildman–Crippen MR) is 73.2 cm³/mol. The Morgan fingerprint density at radius 3 is 2.78 bits per heavy atom. The molecule has 2 heterocycles. The third kappa shape index (κ3) is 2.38. The van der Waals surface area contributed by atoms with Crippen LogP contribution < -0.4 is 5.32 Å². The van der Waals surface area contributed by atoms with E-state index in [0.717, 1.165) is 42.4 Å². The number of aliphatic imine (C=N–C) groups is 1. The van der Waals surface area contributed by atoms with Crippen LogP contribution in [0.3, 0.4) is 0 Å². The molecule has 0 bridgehead atoms. The average molecular weight is 265 g/mol. The van der Waals surface area contributed by atoms with Gasteiger partial charge in [-0.3, -0.25) is 0 Å². The van der Waals surface area contributed by atoms with Crippen molar-refractivity contribution in [3.8, 4) is 0 Å². The van der Waals surface area contributed by atoms with E-state index in [1.807, 2.05) is 24.3 Å². The van der Waals surface area contributed by atoms with Gasteiger partial charge in [-0.1, -0.05) is 29.8 Å². The van der Waals surface area contributed by atoms with Crippen molar-refractivity contribution in [2.45, 2.75) is 18.9 Å². The Hall–Kier alpha value is -1.06. The van der Waals surface area contributed by atoms with Gasteiger partial charge in [-0.2, -0.15) is 0 Å². The smallest absolute Gasteiger partial charge is 0.187 e. The summed E-state index contributed by atoms with van der Waals surface area (Å²) in [5.41, 5.74) is 1.07. The first-order chi connectivity index (χ1) is 8.84. The first-order valence-electron chi connectivity index (χ1n) is 6.50. The molecule has 1 saturated heterocycles. The summed E-state index contributed by atoms with van der Waals surface area (Å²) in [7, 11) is 0. The molecule has 0 amide bonds. The second-order valence-corrected chi connectivity index (χ2v) is 5.25. The summed E-state index contributed by atoms with van der Waals surface area (Å²) in [6.45, 7) is 2.75. The van der Waals surface area contributed by atoms with Crippen molar-refractivity contribution in [1.82, 2.24) is 5.32 Å². The fourth-order valence-electron chi connectivity index (χ4n) is 2.59. The van der Waals surface area contributed by atoms with E-state index in [4.69, 9.17) is 21.3 Å². The molecule has 0 radical (unpaired) electrons. The molecule has 1 aromatic carbocycles. The van der Waals surface area contributed by atoms with Gasteiger partial charge in [0.05, 0.1) is 0 Å². The zero-order chi connectivity index (χ0) is 12.4. The molecule has 2 aliphatic heterocycles. The topological polar surface area (TPSA) is 33.6 Å². The summed E-state index contributed by atoms with van der Waals surface area (Å²) >= 11 is 6.20. The molecule has 0 spiro atoms. The minimum atomic E-state index is 0.0728. The second kappa shape index (κ2) is 5.29. The number of piperidine rings is 1. The van der Waals surface area contributed by atoms with Gasteiger partial charge in [0.1, 0.15) is 12.6 Å². The molecule has 4 heteroatoms. The van der Waals surface area contributed by atoms with Crippen LogP contribution in [0.2, 0.25) is 5.02 Å². The van der Waals surface area contributed by atoms with Crippen LogP contribution in [0.25, 0.3) is 0 Å². The molecule has 1 fully saturated rings. The first kappa shape index (κ1) is 12.0. The summed E-state index contributed by atoms with van der Waals surface area (Å²) in [5.74, 6) is 1.42. The standard InChI is InChI=1S/C14H17ClN2O/c15-12-4-2-1-3-11(12)13-9-18-14(17-13)10-5-7-16-8-6-10/h1-4,10,13,16H,5-9H2. The molecule has 0 aromatic heterocycles. The fraction of sp³-hybridized carbons (Fsp3) is 0.500. The number of rotatable bonds is 2. The van der Waals surface area contributed by atoms with Crippen molar-refractivity contribution in [2.75, 3.05) is 19.7 Å². The summed E-state index contributed by atoms with van der Waals surface area (Å²) in [6.07, 6.45) is 2.24. The van der Waals surface area contributed by atoms with Gasteiger partial charge >= 0.3 is 0 Å². The third-order valence-electron chi connectivity index (χ3n) is 3.62. The van der Waals surface area contributed by atoms with E-state index in [1.165, 1.54) is 0 Å². The third-order valence-corrected chi connectivity index (χ3v) is 3.97. The van der Waals surface area contributed by atoms with E-state index in [-0.39, 0.29) is 6.04 Å². The average Bonchev–Trinajstić information content (AvgIpc) is 2.90. The van der Waals surface area contributed by atoms with Crippen molar-refractivity contribution in [2.24, 2.45) is 10.9 Å². The zero-order valence-corrected chi connectivity index (χ0v) is 11.0. The molecular formula is C14H17ClN2O. The van der Waals surface area contributed by atoms with Gasteiger partial charge in [0.15, 0.2) is 5.90 Å². The lowest BCUT2D eigenvalue weighted by atomic mass is 9.98. The van der Waals surface area contributed by atoms with Crippen LogP contribution in [-0.4, -0.2) is 25.6 Å². The molecule has 3 rings (SSSR count). The molecule has 1 aromatic rings. The molecule has 1 atom stereocenters. The highest BCUT2D eigenvalue weighted by molar-refractivity contribution is 6.31. The van der Waals surface area contributed by atoms with Crippen LogP contribution in [-0.2, 0) is 4.74 Å². The number of benzene rings is 1. The Morgan fingerprint density at radius 2 is 2.00 bits per heavy atom. The lowest BCUT2D eigenvalue weighted by molar-refractivity contribution is 0.285. The lowest BCUT2D eigenvalue weighted by Gasteiger charge is -2.21. The van der Waals surface area contributed by atoms with Gasteiger partial charge in [-0.25, -0.2) is 4.99 Å². The largest absolute Gasteiger partial charge is 0.478 e. The highest BCUT2D eigenvalue weighted by Gasteiger charge is 2.28. The van der Waals surface area contributed by atoms with E-state index in [9.17, 15) is 0 Å². The number of nitrogens with one attached hydrogen (secondary N) is 1. The van der Waals surface area contributed by atoms with E-state index < -0.39 is 0 Å². The summed E-state index contributed by atoms with van der Waals surface area (Å²) < 4.78 is 5.78. The summed E-state index contributed by atoms with van der Waals surface area (Å²) in [6, 6.07) is 7.96. The van der Waals surface area contributed by atoms with Gasteiger partial charge in [0.2, 0.25) is 0 Å². The number of nitrogens with zero attached hydrogens (tertiary/aromatic N) is 1. The Labute approximate surface area is 112 Å². The molecule has 0 saturated carbocycles. The molecule has 2 aliphatic rings. The van der Waals surface area contributed by atoms with E-state index in [0.29, 0.717) is 12.5 Å². The molecule has 1 unspecified atom stereocenters. The van der Waals surface area contributed by atoms with Crippen LogP contribution in [0.5, 0.6) is 0 Å². The van der Waals surface area contributed by atoms with Crippen molar-refractivity contribution in [3.05, 3.63) is 34.9 Å². The minimum Gasteiger partial charge on any atom is -0.478 e. The maximum Gasteiger partial charge on any atom is 0.187 e. The van der Waals surface area contributed by atoms with Crippen molar-refractivity contribution >= 4 is 17.5 Å². The number of hydrogen-bond donors (Lipinski definition) is 1. The summed E-state index contributed by atoms with van der Waals surface area (Å²) in [4.78, 5) is 4.72. The predicted octanol–water partition coefficient (Wildman–Crippen LogP) is 2.81. The van der Waals surface area contributed by atoms with E-state index in [2.05, 4.69) is 5.32 Å². The summed E-state index contributed by atoms with van der Waals surface area (Å²) in [5, 5.41) is 4.14. The van der Waals surface area contributed by atoms with E-state index >= 15 is 0 Å². The lowest BCUT2D eigenvalue weighted by Crippen LogP contribution is -2.31. The Kier molecular flexibility index (Phi) is 3.52. The molecular weight excluding hydrogens is 248 g/mol. The number of hydrogen-bond acceptors (Lipinski definition) is 3. The Morgan fingerprint density at radius 1 is 1.22 bits per heavy atom. The fourth-order valence-corrected chi connectivity index (χ4v) is 2.85. The SMILES string of the molecule is Clc1ccccc1C1COC(C2CCNCC2)=N1. The quantitative estimate of drug-likeness (QED) is 0.891. The van der Waals surface area contributed by atoms with Crippen LogP contribution in [0.4, 0.5) is 0 Å². The number of halogens is 1. The van der Waals surface area contributed by atoms with Crippen LogP contribution in [0.15, 0.2) is 29.3 Å².